The molecule has 0 saturated carbocycles. The van der Waals surface area contributed by atoms with Crippen LogP contribution in [0.1, 0.15) is 98.8 Å². The standard InChI is InChI=1S/C73H68FN9O13/c1-3-73(93)55-30-60-67-51(35-83(60)69(89)54(55)39-94-70(73)90)66-57(26-25-42-40(2)56(74)31-58(81-67)65(42)66)79-64(87)36-82(72(92)96-38-53-49-23-13-9-19-45(49)46-20-10-14-24-50(46)53)28-27-75-61(84)32-77-68(88)59(29-41-15-5-4-6-16-41)80-63(86)34-76-62(85)33-78-71(91)95-37-52-47-21-11-7-17-43(47)44-18-8-12-22-48(44)52/h4-24,30-31,52-53,57,59,93H,3,25-29,32-39H2,1-2H3,(H,75,84)(H,76,85)(H,77,88)(H,78,91)(H,79,87)(H,80,86)/t57-,59-,73-/m0/s1. The summed E-state index contributed by atoms with van der Waals surface area (Å²) < 4.78 is 34.1. The van der Waals surface area contributed by atoms with Crippen LogP contribution < -0.4 is 37.5 Å². The summed E-state index contributed by atoms with van der Waals surface area (Å²) in [4.78, 5) is 129. The first-order valence-electron chi connectivity index (χ1n) is 31.9. The van der Waals surface area contributed by atoms with Crippen LogP contribution in [0.3, 0.4) is 0 Å². The van der Waals surface area contributed by atoms with Crippen LogP contribution in [-0.4, -0.2) is 126 Å². The van der Waals surface area contributed by atoms with Gasteiger partial charge in [-0.05, 0) is 99.0 Å². The van der Waals surface area contributed by atoms with Crippen LogP contribution in [0.15, 0.2) is 144 Å². The molecule has 2 aromatic heterocycles. The predicted octanol–water partition coefficient (Wildman–Crippen LogP) is 6.50. The fraction of sp³-hybridized carbons (Fsp3) is 0.288. The van der Waals surface area contributed by atoms with Gasteiger partial charge in [0.25, 0.3) is 5.56 Å². The van der Waals surface area contributed by atoms with Gasteiger partial charge in [0.2, 0.25) is 29.5 Å². The molecular formula is C73H68FN9O13. The molecule has 0 bridgehead atoms. The number of aryl methyl sites for hydroxylation is 1. The number of pyridine rings is 2. The van der Waals surface area contributed by atoms with Gasteiger partial charge in [-0.2, -0.15) is 0 Å². The van der Waals surface area contributed by atoms with Gasteiger partial charge in [0.1, 0.15) is 44.8 Å². The molecule has 8 aromatic rings. The smallest absolute Gasteiger partial charge is 0.410 e. The lowest BCUT2D eigenvalue weighted by Gasteiger charge is -2.31. The summed E-state index contributed by atoms with van der Waals surface area (Å²) in [5, 5.41) is 28.1. The highest BCUT2D eigenvalue weighted by Gasteiger charge is 2.46. The summed E-state index contributed by atoms with van der Waals surface area (Å²) in [7, 11) is 0. The van der Waals surface area contributed by atoms with Crippen molar-refractivity contribution in [1.82, 2.24) is 46.4 Å². The zero-order valence-electron chi connectivity index (χ0n) is 52.6. The number of esters is 1. The number of nitrogens with one attached hydrogen (secondary N) is 6. The van der Waals surface area contributed by atoms with E-state index < -0.39 is 103 Å². The number of aliphatic hydroxyl groups is 1. The van der Waals surface area contributed by atoms with E-state index in [2.05, 4.69) is 31.9 Å². The maximum Gasteiger partial charge on any atom is 0.410 e. The van der Waals surface area contributed by atoms with E-state index in [0.29, 0.717) is 57.4 Å². The number of fused-ring (bicyclic) bond motifs is 11. The molecule has 23 heteroatoms. The number of nitrogens with zero attached hydrogens (tertiary/aromatic N) is 3. The molecule has 2 aliphatic heterocycles. The van der Waals surface area contributed by atoms with E-state index in [1.54, 1.807) is 50.2 Å². The molecule has 5 aliphatic rings. The van der Waals surface area contributed by atoms with Crippen molar-refractivity contribution in [1.29, 1.82) is 0 Å². The van der Waals surface area contributed by atoms with E-state index in [4.69, 9.17) is 19.2 Å². The Balaban J connectivity index is 0.662. The number of carbonyl (C=O) groups is 8. The summed E-state index contributed by atoms with van der Waals surface area (Å²) in [6.07, 6.45) is -1.13. The predicted molar refractivity (Wildman–Crippen MR) is 349 cm³/mol. The van der Waals surface area contributed by atoms with Crippen molar-refractivity contribution in [2.75, 3.05) is 52.5 Å². The number of halogens is 1. The van der Waals surface area contributed by atoms with Crippen molar-refractivity contribution < 1.29 is 62.1 Å². The van der Waals surface area contributed by atoms with Crippen molar-refractivity contribution in [3.63, 3.8) is 0 Å². The van der Waals surface area contributed by atoms with Crippen molar-refractivity contribution in [3.8, 4) is 33.6 Å². The second kappa shape index (κ2) is 26.7. The Bertz CT molecular complexity index is 4490. The number of ether oxygens (including phenoxy) is 3. The normalized spacial score (nSPS) is 16.2. The topological polar surface area (TPSA) is 295 Å². The molecule has 3 atom stereocenters. The minimum Gasteiger partial charge on any atom is -0.458 e. The van der Waals surface area contributed by atoms with E-state index in [1.165, 1.54) is 10.6 Å². The minimum atomic E-state index is -2.10. The molecule has 0 spiro atoms. The Morgan fingerprint density at radius 2 is 1.29 bits per heavy atom. The molecule has 0 saturated heterocycles. The zero-order chi connectivity index (χ0) is 66.9. The van der Waals surface area contributed by atoms with Crippen LogP contribution in [0.4, 0.5) is 14.0 Å². The van der Waals surface area contributed by atoms with E-state index in [9.17, 15) is 48.3 Å². The summed E-state index contributed by atoms with van der Waals surface area (Å²) in [6.45, 7) is 0.227. The third-order valence-electron chi connectivity index (χ3n) is 18.9. The minimum absolute atomic E-state index is 0.00159. The molecular weight excluding hydrogens is 1230 g/mol. The van der Waals surface area contributed by atoms with Crippen LogP contribution in [-0.2, 0) is 74.6 Å². The van der Waals surface area contributed by atoms with Crippen LogP contribution in [0, 0.1) is 12.7 Å². The fourth-order valence-corrected chi connectivity index (χ4v) is 14.1. The first-order valence-corrected chi connectivity index (χ1v) is 31.9. The fourth-order valence-electron chi connectivity index (χ4n) is 14.1. The number of aromatic nitrogens is 2. The number of hydrogen-bond donors (Lipinski definition) is 7. The number of alkyl carbamates (subject to hydrolysis) is 1. The maximum atomic E-state index is 15.8. The molecule has 7 amide bonds. The van der Waals surface area contributed by atoms with Gasteiger partial charge in [0.05, 0.1) is 48.1 Å². The molecule has 0 unspecified atom stereocenters. The van der Waals surface area contributed by atoms with Crippen molar-refractivity contribution in [3.05, 3.63) is 217 Å². The van der Waals surface area contributed by atoms with E-state index in [0.717, 1.165) is 49.4 Å². The van der Waals surface area contributed by atoms with Gasteiger partial charge in [-0.15, -0.1) is 0 Å². The zero-order valence-corrected chi connectivity index (χ0v) is 52.6. The van der Waals surface area contributed by atoms with Gasteiger partial charge in [-0.25, -0.2) is 23.8 Å². The average molecular weight is 1300 g/mol. The summed E-state index contributed by atoms with van der Waals surface area (Å²) in [6, 6.07) is 41.1. The highest BCUT2D eigenvalue weighted by atomic mass is 19.1. The average Bonchev–Trinajstić information content (AvgIpc) is 1.45. The SMILES string of the molecule is CC[C@@]1(O)C(=O)OCc2c1cc1n(c2=O)Cc2c-1nc1cc(F)c(C)c3c1c2[C@@H](NC(=O)CN(CCNC(=O)CNC(=O)[C@H](Cc1ccccc1)NC(=O)CNC(=O)CNC(=O)OCC1c2ccccc2-c2ccccc21)C(=O)OCC1c2ccccc2-c2ccccc21)CC3. The van der Waals surface area contributed by atoms with Crippen LogP contribution in [0.25, 0.3) is 44.5 Å². The monoisotopic (exact) mass is 1300 g/mol. The van der Waals surface area contributed by atoms with E-state index in [1.807, 2.05) is 97.1 Å². The third-order valence-corrected chi connectivity index (χ3v) is 18.9. The van der Waals surface area contributed by atoms with E-state index >= 15 is 4.39 Å². The summed E-state index contributed by atoms with van der Waals surface area (Å²) >= 11 is 0. The number of rotatable bonds is 21. The van der Waals surface area contributed by atoms with Gasteiger partial charge >= 0.3 is 18.2 Å². The van der Waals surface area contributed by atoms with Gasteiger partial charge in [0, 0.05) is 53.9 Å². The van der Waals surface area contributed by atoms with Gasteiger partial charge < -0.3 is 55.8 Å². The highest BCUT2D eigenvalue weighted by molar-refractivity contribution is 5.95. The number of carbonyl (C=O) groups excluding carboxylic acids is 8. The second-order valence-electron chi connectivity index (χ2n) is 24.5. The first-order chi connectivity index (χ1) is 46.5. The lowest BCUT2D eigenvalue weighted by molar-refractivity contribution is -0.172. The maximum absolute atomic E-state index is 15.8. The molecule has 3 aliphatic carbocycles. The Kier molecular flexibility index (Phi) is 17.7. The largest absolute Gasteiger partial charge is 0.458 e. The summed E-state index contributed by atoms with van der Waals surface area (Å²) in [5.41, 5.74) is 9.54. The molecule has 0 radical (unpaired) electrons. The molecule has 490 valence electrons. The lowest BCUT2D eigenvalue weighted by Crippen LogP contribution is -2.52. The molecule has 22 nitrogen and oxygen atoms in total. The first kappa shape index (κ1) is 63.7. The Morgan fingerprint density at radius 1 is 0.708 bits per heavy atom. The number of amides is 7. The van der Waals surface area contributed by atoms with Crippen LogP contribution in [0.5, 0.6) is 0 Å². The molecule has 6 aromatic carbocycles. The molecule has 96 heavy (non-hydrogen) atoms. The highest BCUT2D eigenvalue weighted by Crippen LogP contribution is 2.48. The van der Waals surface area contributed by atoms with Crippen LogP contribution in [0.2, 0.25) is 0 Å². The van der Waals surface area contributed by atoms with E-state index in [-0.39, 0.29) is 80.8 Å². The number of benzene rings is 6. The lowest BCUT2D eigenvalue weighted by atomic mass is 9.81. The van der Waals surface area contributed by atoms with Crippen LogP contribution >= 0.6 is 0 Å². The van der Waals surface area contributed by atoms with Crippen molar-refractivity contribution in [2.45, 2.75) is 82.2 Å². The quantitative estimate of drug-likeness (QED) is 0.0299. The summed E-state index contributed by atoms with van der Waals surface area (Å²) in [5.74, 6) is -5.36. The Labute approximate surface area is 549 Å². The Morgan fingerprint density at radius 3 is 1.93 bits per heavy atom. The van der Waals surface area contributed by atoms with Gasteiger partial charge in [-0.3, -0.25) is 33.7 Å². The Hall–Kier alpha value is -11.1. The molecule has 4 heterocycles. The molecule has 0 fully saturated rings. The third kappa shape index (κ3) is 12.3. The van der Waals surface area contributed by atoms with Gasteiger partial charge in [0.15, 0.2) is 5.60 Å². The second-order valence-corrected chi connectivity index (χ2v) is 24.5. The number of cyclic esters (lactones) is 1. The van der Waals surface area contributed by atoms with Gasteiger partial charge in [-0.1, -0.05) is 134 Å². The number of hydrogen-bond acceptors (Lipinski definition) is 14. The molecule has 7 N–H and O–H groups in total. The molecule has 13 rings (SSSR count). The van der Waals surface area contributed by atoms with Crippen molar-refractivity contribution >= 4 is 58.6 Å². The van der Waals surface area contributed by atoms with Crippen molar-refractivity contribution in [2.24, 2.45) is 0 Å².